The first-order valence-electron chi connectivity index (χ1n) is 8.76. The van der Waals surface area contributed by atoms with Gasteiger partial charge < -0.3 is 19.9 Å². The Balaban J connectivity index is 1.94. The summed E-state index contributed by atoms with van der Waals surface area (Å²) in [5.41, 5.74) is 1.23. The van der Waals surface area contributed by atoms with E-state index >= 15 is 0 Å². The molecule has 1 heterocycles. The number of hydrogen-bond donors (Lipinski definition) is 2. The molecule has 0 saturated heterocycles. The van der Waals surface area contributed by atoms with Gasteiger partial charge in [-0.2, -0.15) is 0 Å². The van der Waals surface area contributed by atoms with Gasteiger partial charge in [0.15, 0.2) is 0 Å². The molecular weight excluding hydrogens is 318 g/mol. The molecule has 2 N–H and O–H groups in total. The summed E-state index contributed by atoms with van der Waals surface area (Å²) in [6.07, 6.45) is 0.719. The van der Waals surface area contributed by atoms with Crippen molar-refractivity contribution in [3.63, 3.8) is 0 Å². The average molecular weight is 345 g/mol. The van der Waals surface area contributed by atoms with Gasteiger partial charge in [-0.25, -0.2) is 0 Å². The lowest BCUT2D eigenvalue weighted by Crippen LogP contribution is -2.35. The number of likely N-dealkylation sites (N-methyl/N-ethyl adjacent to an activating group) is 1. The molecule has 0 unspecified atom stereocenters. The monoisotopic (exact) mass is 345 g/mol. The van der Waals surface area contributed by atoms with Crippen molar-refractivity contribution in [1.82, 2.24) is 15.2 Å². The third-order valence-corrected chi connectivity index (χ3v) is 4.39. The minimum Gasteiger partial charge on any atom is -0.497 e. The first-order chi connectivity index (χ1) is 12.1. The smallest absolute Gasteiger partial charge is 0.251 e. The Bertz CT molecular complexity index is 766. The summed E-state index contributed by atoms with van der Waals surface area (Å²) in [6, 6.07) is 7.33. The van der Waals surface area contributed by atoms with Crippen LogP contribution in [0.2, 0.25) is 0 Å². The van der Waals surface area contributed by atoms with Crippen LogP contribution in [0.3, 0.4) is 0 Å². The lowest BCUT2D eigenvalue weighted by molar-refractivity contribution is -0.121. The first-order valence-corrected chi connectivity index (χ1v) is 8.76. The first kappa shape index (κ1) is 19.0. The largest absolute Gasteiger partial charge is 0.497 e. The zero-order chi connectivity index (χ0) is 18.2. The number of pyridine rings is 1. The van der Waals surface area contributed by atoms with E-state index in [4.69, 9.17) is 4.74 Å². The summed E-state index contributed by atoms with van der Waals surface area (Å²) >= 11 is 0. The highest BCUT2D eigenvalue weighted by Gasteiger charge is 2.08. The maximum Gasteiger partial charge on any atom is 0.251 e. The predicted molar refractivity (Wildman–Crippen MR) is 100 cm³/mol. The van der Waals surface area contributed by atoms with Gasteiger partial charge in [0.2, 0.25) is 5.91 Å². The molecule has 0 aliphatic heterocycles. The molecular formula is C19H27N3O3. The van der Waals surface area contributed by atoms with Gasteiger partial charge in [-0.3, -0.25) is 9.59 Å². The topological polar surface area (TPSA) is 74.4 Å². The second-order valence-electron chi connectivity index (χ2n) is 5.95. The van der Waals surface area contributed by atoms with Gasteiger partial charge in [0.25, 0.3) is 5.56 Å². The fourth-order valence-electron chi connectivity index (χ4n) is 2.77. The fraction of sp³-hybridized carbons (Fsp3) is 0.474. The van der Waals surface area contributed by atoms with Crippen molar-refractivity contribution in [2.75, 3.05) is 33.3 Å². The number of aromatic nitrogens is 1. The van der Waals surface area contributed by atoms with Crippen LogP contribution in [0, 0.1) is 0 Å². The summed E-state index contributed by atoms with van der Waals surface area (Å²) in [7, 11) is 1.61. The Labute approximate surface area is 148 Å². The van der Waals surface area contributed by atoms with Crippen molar-refractivity contribution in [1.29, 1.82) is 0 Å². The summed E-state index contributed by atoms with van der Waals surface area (Å²) in [5.74, 6) is 0.705. The summed E-state index contributed by atoms with van der Waals surface area (Å²) < 4.78 is 5.21. The number of nitrogens with zero attached hydrogens (tertiary/aromatic N) is 1. The number of carbonyl (C=O) groups is 1. The van der Waals surface area contributed by atoms with E-state index < -0.39 is 0 Å². The van der Waals surface area contributed by atoms with Gasteiger partial charge in [-0.05, 0) is 43.8 Å². The molecule has 0 spiro atoms. The van der Waals surface area contributed by atoms with E-state index in [2.05, 4.69) is 29.0 Å². The highest BCUT2D eigenvalue weighted by molar-refractivity contribution is 5.81. The Hall–Kier alpha value is -2.34. The van der Waals surface area contributed by atoms with Gasteiger partial charge in [0, 0.05) is 36.0 Å². The zero-order valence-corrected chi connectivity index (χ0v) is 15.2. The van der Waals surface area contributed by atoms with Gasteiger partial charge in [0.05, 0.1) is 7.11 Å². The van der Waals surface area contributed by atoms with Crippen molar-refractivity contribution in [3.05, 3.63) is 40.2 Å². The number of carbonyl (C=O) groups excluding carboxylic acids is 1. The molecule has 0 radical (unpaired) electrons. The Morgan fingerprint density at radius 1 is 1.24 bits per heavy atom. The molecule has 0 aliphatic rings. The molecule has 0 saturated carbocycles. The van der Waals surface area contributed by atoms with E-state index in [1.165, 1.54) is 0 Å². The van der Waals surface area contributed by atoms with Crippen molar-refractivity contribution in [2.24, 2.45) is 0 Å². The summed E-state index contributed by atoms with van der Waals surface area (Å²) in [4.78, 5) is 29.3. The molecule has 25 heavy (non-hydrogen) atoms. The molecule has 6 nitrogen and oxygen atoms in total. The highest BCUT2D eigenvalue weighted by Crippen LogP contribution is 2.19. The van der Waals surface area contributed by atoms with Crippen LogP contribution in [-0.2, 0) is 11.2 Å². The number of H-pyrrole nitrogens is 1. The Morgan fingerprint density at radius 3 is 2.68 bits per heavy atom. The maximum absolute atomic E-state index is 12.2. The Morgan fingerprint density at radius 2 is 2.00 bits per heavy atom. The minimum atomic E-state index is -0.145. The number of fused-ring (bicyclic) bond motifs is 1. The molecule has 0 bridgehead atoms. The number of methoxy groups -OCH3 is 1. The fourth-order valence-corrected chi connectivity index (χ4v) is 2.77. The predicted octanol–water partition coefficient (Wildman–Crippen LogP) is 1.93. The van der Waals surface area contributed by atoms with Crippen LogP contribution in [0.25, 0.3) is 10.9 Å². The molecule has 2 aromatic rings. The zero-order valence-electron chi connectivity index (χ0n) is 15.2. The normalized spacial score (nSPS) is 11.0. The van der Waals surface area contributed by atoms with Crippen LogP contribution in [0.4, 0.5) is 0 Å². The van der Waals surface area contributed by atoms with Crippen molar-refractivity contribution in [2.45, 2.75) is 26.7 Å². The summed E-state index contributed by atoms with van der Waals surface area (Å²) in [6.45, 7) is 7.63. The number of nitrogens with one attached hydrogen (secondary N) is 2. The average Bonchev–Trinajstić information content (AvgIpc) is 2.63. The summed E-state index contributed by atoms with van der Waals surface area (Å²) in [5, 5.41) is 3.81. The van der Waals surface area contributed by atoms with Crippen molar-refractivity contribution < 1.29 is 9.53 Å². The number of hydrogen-bond acceptors (Lipinski definition) is 4. The van der Waals surface area contributed by atoms with Crippen molar-refractivity contribution in [3.8, 4) is 5.75 Å². The lowest BCUT2D eigenvalue weighted by atomic mass is 10.1. The molecule has 0 fully saturated rings. The van der Waals surface area contributed by atoms with E-state index in [9.17, 15) is 9.59 Å². The Kier molecular flexibility index (Phi) is 7.01. The van der Waals surface area contributed by atoms with Gasteiger partial charge >= 0.3 is 0 Å². The number of rotatable bonds is 9. The lowest BCUT2D eigenvalue weighted by Gasteiger charge is -2.17. The number of ether oxygens (including phenoxy) is 1. The molecule has 6 heteroatoms. The van der Waals surface area contributed by atoms with Crippen LogP contribution < -0.4 is 15.6 Å². The number of aryl methyl sites for hydroxylation is 1. The van der Waals surface area contributed by atoms with Crippen LogP contribution in [0.5, 0.6) is 5.75 Å². The third kappa shape index (κ3) is 5.32. The van der Waals surface area contributed by atoms with Crippen LogP contribution >= 0.6 is 0 Å². The standard InChI is InChI=1S/C19H27N3O3/c1-4-22(5-2)11-10-20-18(23)9-6-14-12-15-13-16(25-3)7-8-17(15)21-19(14)24/h7-8,12-13H,4-6,9-11H2,1-3H3,(H,20,23)(H,21,24). The van der Waals surface area contributed by atoms with Crippen LogP contribution in [0.15, 0.2) is 29.1 Å². The second kappa shape index (κ2) is 9.22. The van der Waals surface area contributed by atoms with E-state index in [1.807, 2.05) is 18.2 Å². The molecule has 1 aromatic carbocycles. The highest BCUT2D eigenvalue weighted by atomic mass is 16.5. The second-order valence-corrected chi connectivity index (χ2v) is 5.95. The molecule has 2 rings (SSSR count). The molecule has 1 amide bonds. The third-order valence-electron chi connectivity index (χ3n) is 4.39. The van der Waals surface area contributed by atoms with E-state index in [1.54, 1.807) is 13.2 Å². The molecule has 0 atom stereocenters. The van der Waals surface area contributed by atoms with E-state index in [0.29, 0.717) is 24.9 Å². The SMILES string of the molecule is CCN(CC)CCNC(=O)CCc1cc2cc(OC)ccc2[nH]c1=O. The van der Waals surface area contributed by atoms with Gasteiger partial charge in [-0.1, -0.05) is 13.8 Å². The van der Waals surface area contributed by atoms with E-state index in [-0.39, 0.29) is 11.5 Å². The van der Waals surface area contributed by atoms with Crippen LogP contribution in [0.1, 0.15) is 25.8 Å². The number of amides is 1. The number of benzene rings is 1. The maximum atomic E-state index is 12.2. The minimum absolute atomic E-state index is 0.0303. The van der Waals surface area contributed by atoms with Gasteiger partial charge in [-0.15, -0.1) is 0 Å². The molecule has 136 valence electrons. The molecule has 0 aliphatic carbocycles. The van der Waals surface area contributed by atoms with Gasteiger partial charge in [0.1, 0.15) is 5.75 Å². The number of aromatic amines is 1. The molecule has 1 aromatic heterocycles. The van der Waals surface area contributed by atoms with E-state index in [0.717, 1.165) is 36.3 Å². The quantitative estimate of drug-likeness (QED) is 0.728. The van der Waals surface area contributed by atoms with Crippen LogP contribution in [-0.4, -0.2) is 49.1 Å². The van der Waals surface area contributed by atoms with Crippen molar-refractivity contribution >= 4 is 16.8 Å².